The second kappa shape index (κ2) is 5.36. The van der Waals surface area contributed by atoms with Gasteiger partial charge < -0.3 is 20.4 Å². The maximum Gasteiger partial charge on any atom is 0.317 e. The Morgan fingerprint density at radius 2 is 1.89 bits per heavy atom. The number of β-amino-alcohol motifs (C(OH)–C–C–N with tert-alkyl or cyclic N) is 1. The Morgan fingerprint density at radius 1 is 1.26 bits per heavy atom. The van der Waals surface area contributed by atoms with E-state index in [0.29, 0.717) is 45.2 Å². The van der Waals surface area contributed by atoms with Crippen molar-refractivity contribution >= 4 is 12.0 Å². The maximum atomic E-state index is 12.0. The summed E-state index contributed by atoms with van der Waals surface area (Å²) in [6.45, 7) is 2.67. The molecule has 108 valence electrons. The number of amides is 2. The zero-order valence-electron chi connectivity index (χ0n) is 11.3. The van der Waals surface area contributed by atoms with Gasteiger partial charge in [-0.05, 0) is 39.0 Å². The second-order valence-electron chi connectivity index (χ2n) is 6.00. The first-order valence-electron chi connectivity index (χ1n) is 6.88. The van der Waals surface area contributed by atoms with E-state index >= 15 is 0 Å². The number of rotatable bonds is 2. The lowest BCUT2D eigenvalue weighted by atomic mass is 9.86. The highest BCUT2D eigenvalue weighted by Crippen LogP contribution is 2.25. The molecule has 2 rings (SSSR count). The van der Waals surface area contributed by atoms with E-state index in [1.165, 1.54) is 0 Å². The van der Waals surface area contributed by atoms with Gasteiger partial charge >= 0.3 is 12.0 Å². The highest BCUT2D eigenvalue weighted by Gasteiger charge is 2.35. The largest absolute Gasteiger partial charge is 0.481 e. The van der Waals surface area contributed by atoms with E-state index in [9.17, 15) is 14.7 Å². The molecule has 1 aliphatic heterocycles. The standard InChI is InChI=1S/C13H22N2O4/c1-13(19)6-7-15(8-13)12(18)14-10-4-2-9(3-5-10)11(16)17/h9-10,19H,2-8H2,1H3,(H,14,18)(H,16,17). The second-order valence-corrected chi connectivity index (χ2v) is 6.00. The van der Waals surface area contributed by atoms with E-state index in [-0.39, 0.29) is 18.0 Å². The average Bonchev–Trinajstić information content (AvgIpc) is 2.70. The smallest absolute Gasteiger partial charge is 0.317 e. The van der Waals surface area contributed by atoms with Crippen molar-refractivity contribution in [2.24, 2.45) is 5.92 Å². The van der Waals surface area contributed by atoms with Crippen molar-refractivity contribution in [3.8, 4) is 0 Å². The molecular weight excluding hydrogens is 248 g/mol. The first kappa shape index (κ1) is 14.1. The van der Waals surface area contributed by atoms with E-state index in [2.05, 4.69) is 5.32 Å². The molecule has 0 aromatic rings. The van der Waals surface area contributed by atoms with Gasteiger partial charge in [0.15, 0.2) is 0 Å². The number of carbonyl (C=O) groups excluding carboxylic acids is 1. The fraction of sp³-hybridized carbons (Fsp3) is 0.846. The quantitative estimate of drug-likeness (QED) is 0.692. The molecule has 0 aromatic heterocycles. The number of urea groups is 1. The van der Waals surface area contributed by atoms with Crippen LogP contribution in [0.15, 0.2) is 0 Å². The van der Waals surface area contributed by atoms with Crippen LogP contribution in [0.25, 0.3) is 0 Å². The Morgan fingerprint density at radius 3 is 2.37 bits per heavy atom. The minimum Gasteiger partial charge on any atom is -0.481 e. The SMILES string of the molecule is CC1(O)CCN(C(=O)NC2CCC(C(=O)O)CC2)C1. The molecule has 19 heavy (non-hydrogen) atoms. The van der Waals surface area contributed by atoms with Crippen molar-refractivity contribution in [3.63, 3.8) is 0 Å². The van der Waals surface area contributed by atoms with Gasteiger partial charge in [0, 0.05) is 12.6 Å². The third-order valence-electron chi connectivity index (χ3n) is 4.14. The summed E-state index contributed by atoms with van der Waals surface area (Å²) in [6, 6.07) is -0.0785. The predicted octanol–water partition coefficient (Wildman–Crippen LogP) is 0.796. The normalized spacial score (nSPS) is 35.2. The third kappa shape index (κ3) is 3.59. The number of carbonyl (C=O) groups is 2. The van der Waals surface area contributed by atoms with Gasteiger partial charge in [-0.3, -0.25) is 4.79 Å². The van der Waals surface area contributed by atoms with Crippen LogP contribution in [0.2, 0.25) is 0 Å². The van der Waals surface area contributed by atoms with Gasteiger partial charge in [0.1, 0.15) is 0 Å². The fourth-order valence-corrected chi connectivity index (χ4v) is 2.87. The van der Waals surface area contributed by atoms with Crippen molar-refractivity contribution in [2.45, 2.75) is 50.7 Å². The number of aliphatic hydroxyl groups is 1. The molecule has 1 atom stereocenters. The van der Waals surface area contributed by atoms with E-state index in [1.54, 1.807) is 11.8 Å². The molecule has 0 spiro atoms. The van der Waals surface area contributed by atoms with Gasteiger partial charge in [-0.1, -0.05) is 0 Å². The Hall–Kier alpha value is -1.30. The van der Waals surface area contributed by atoms with Gasteiger partial charge in [0.2, 0.25) is 0 Å². The summed E-state index contributed by atoms with van der Waals surface area (Å²) in [6.07, 6.45) is 3.28. The summed E-state index contributed by atoms with van der Waals surface area (Å²) in [5.74, 6) is -0.999. The zero-order chi connectivity index (χ0) is 14.0. The molecule has 2 amide bonds. The lowest BCUT2D eigenvalue weighted by Crippen LogP contribution is -2.46. The lowest BCUT2D eigenvalue weighted by Gasteiger charge is -2.29. The number of hydrogen-bond acceptors (Lipinski definition) is 3. The molecule has 1 saturated carbocycles. The van der Waals surface area contributed by atoms with Crippen LogP contribution in [0.3, 0.4) is 0 Å². The molecule has 3 N–H and O–H groups in total. The molecule has 2 aliphatic rings. The van der Waals surface area contributed by atoms with Crippen LogP contribution in [0.5, 0.6) is 0 Å². The minimum atomic E-state index is -0.779. The zero-order valence-corrected chi connectivity index (χ0v) is 11.3. The topological polar surface area (TPSA) is 89.9 Å². The molecule has 1 unspecified atom stereocenters. The number of hydrogen-bond donors (Lipinski definition) is 3. The van der Waals surface area contributed by atoms with Crippen molar-refractivity contribution in [1.82, 2.24) is 10.2 Å². The number of likely N-dealkylation sites (tertiary alicyclic amines) is 1. The number of carboxylic acid groups (broad SMARTS) is 1. The predicted molar refractivity (Wildman–Crippen MR) is 68.7 cm³/mol. The number of carboxylic acids is 1. The van der Waals surface area contributed by atoms with Crippen LogP contribution >= 0.6 is 0 Å². The summed E-state index contributed by atoms with van der Waals surface area (Å²) in [5, 5.41) is 21.7. The molecule has 0 aromatic carbocycles. The van der Waals surface area contributed by atoms with Gasteiger partial charge in [-0.25, -0.2) is 4.79 Å². The highest BCUT2D eigenvalue weighted by molar-refractivity contribution is 5.75. The first-order valence-corrected chi connectivity index (χ1v) is 6.88. The molecule has 1 heterocycles. The minimum absolute atomic E-state index is 0.0636. The van der Waals surface area contributed by atoms with Gasteiger partial charge in [0.05, 0.1) is 18.1 Å². The molecule has 6 heteroatoms. The van der Waals surface area contributed by atoms with Crippen molar-refractivity contribution < 1.29 is 19.8 Å². The Bertz CT molecular complexity index is 362. The average molecular weight is 270 g/mol. The number of nitrogens with zero attached hydrogens (tertiary/aromatic N) is 1. The van der Waals surface area contributed by atoms with E-state index < -0.39 is 11.6 Å². The van der Waals surface area contributed by atoms with E-state index in [1.807, 2.05) is 0 Å². The van der Waals surface area contributed by atoms with Gasteiger partial charge in [0.25, 0.3) is 0 Å². The van der Waals surface area contributed by atoms with E-state index in [4.69, 9.17) is 5.11 Å². The maximum absolute atomic E-state index is 12.0. The molecule has 6 nitrogen and oxygen atoms in total. The van der Waals surface area contributed by atoms with Crippen molar-refractivity contribution in [1.29, 1.82) is 0 Å². The summed E-state index contributed by atoms with van der Waals surface area (Å²) < 4.78 is 0. The van der Waals surface area contributed by atoms with Crippen LogP contribution in [0.4, 0.5) is 4.79 Å². The van der Waals surface area contributed by atoms with Crippen molar-refractivity contribution in [3.05, 3.63) is 0 Å². The Balaban J connectivity index is 1.77. The lowest BCUT2D eigenvalue weighted by molar-refractivity contribution is -0.142. The van der Waals surface area contributed by atoms with E-state index in [0.717, 1.165) is 0 Å². The fourth-order valence-electron chi connectivity index (χ4n) is 2.87. The molecule has 1 saturated heterocycles. The van der Waals surface area contributed by atoms with Crippen LogP contribution in [-0.2, 0) is 4.79 Å². The summed E-state index contributed by atoms with van der Waals surface area (Å²) in [4.78, 5) is 24.5. The molecule has 1 aliphatic carbocycles. The van der Waals surface area contributed by atoms with Crippen LogP contribution in [0, 0.1) is 5.92 Å². The van der Waals surface area contributed by atoms with Crippen LogP contribution in [-0.4, -0.2) is 51.8 Å². The third-order valence-corrected chi connectivity index (χ3v) is 4.14. The monoisotopic (exact) mass is 270 g/mol. The van der Waals surface area contributed by atoms with Crippen molar-refractivity contribution in [2.75, 3.05) is 13.1 Å². The first-order chi connectivity index (χ1) is 8.87. The van der Waals surface area contributed by atoms with Crippen LogP contribution < -0.4 is 5.32 Å². The summed E-state index contributed by atoms with van der Waals surface area (Å²) >= 11 is 0. The molecule has 0 radical (unpaired) electrons. The Labute approximate surface area is 112 Å². The molecule has 2 fully saturated rings. The van der Waals surface area contributed by atoms with Gasteiger partial charge in [-0.15, -0.1) is 0 Å². The van der Waals surface area contributed by atoms with Gasteiger partial charge in [-0.2, -0.15) is 0 Å². The number of aliphatic carboxylic acids is 1. The molecule has 0 bridgehead atoms. The number of nitrogens with one attached hydrogen (secondary N) is 1. The van der Waals surface area contributed by atoms with Crippen LogP contribution in [0.1, 0.15) is 39.0 Å². The summed E-state index contributed by atoms with van der Waals surface area (Å²) in [5.41, 5.74) is -0.779. The molecular formula is C13H22N2O4. The summed E-state index contributed by atoms with van der Waals surface area (Å²) in [7, 11) is 0. The Kier molecular flexibility index (Phi) is 3.99. The highest BCUT2D eigenvalue weighted by atomic mass is 16.4.